The average molecular weight is 290 g/mol. The van der Waals surface area contributed by atoms with Gasteiger partial charge in [0.2, 0.25) is 0 Å². The Balaban J connectivity index is 2.35. The maximum absolute atomic E-state index is 12.3. The summed E-state index contributed by atoms with van der Waals surface area (Å²) in [7, 11) is -3.61. The fourth-order valence-corrected chi connectivity index (χ4v) is 2.89. The zero-order valence-electron chi connectivity index (χ0n) is 11.8. The quantitative estimate of drug-likeness (QED) is 0.854. The lowest BCUT2D eigenvalue weighted by Gasteiger charge is -2.11. The van der Waals surface area contributed by atoms with Crippen molar-refractivity contribution >= 4 is 21.4 Å². The van der Waals surface area contributed by atoms with Gasteiger partial charge in [0.05, 0.1) is 4.90 Å². The van der Waals surface area contributed by atoms with Crippen LogP contribution >= 0.6 is 0 Å². The zero-order chi connectivity index (χ0) is 14.9. The summed E-state index contributed by atoms with van der Waals surface area (Å²) in [5, 5.41) is 0. The van der Waals surface area contributed by atoms with Gasteiger partial charge < -0.3 is 5.73 Å². The molecule has 0 unspecified atom stereocenters. The second-order valence-corrected chi connectivity index (χ2v) is 6.61. The minimum Gasteiger partial charge on any atom is -0.398 e. The lowest BCUT2D eigenvalue weighted by Crippen LogP contribution is -2.13. The molecule has 0 atom stereocenters. The summed E-state index contributed by atoms with van der Waals surface area (Å²) >= 11 is 0. The van der Waals surface area contributed by atoms with Crippen molar-refractivity contribution in [2.75, 3.05) is 10.5 Å². The Hall–Kier alpha value is -2.01. The summed E-state index contributed by atoms with van der Waals surface area (Å²) in [6.07, 6.45) is 0. The topological polar surface area (TPSA) is 72.2 Å². The first-order valence-corrected chi connectivity index (χ1v) is 7.74. The van der Waals surface area contributed by atoms with Crippen molar-refractivity contribution < 1.29 is 8.42 Å². The number of rotatable bonds is 3. The van der Waals surface area contributed by atoms with Crippen LogP contribution in [0.2, 0.25) is 0 Å². The number of nitrogens with one attached hydrogen (secondary N) is 1. The van der Waals surface area contributed by atoms with E-state index in [4.69, 9.17) is 5.73 Å². The van der Waals surface area contributed by atoms with Crippen LogP contribution in [0.5, 0.6) is 0 Å². The summed E-state index contributed by atoms with van der Waals surface area (Å²) in [6, 6.07) is 10.2. The van der Waals surface area contributed by atoms with Crippen LogP contribution in [-0.2, 0) is 10.0 Å². The molecule has 0 aliphatic rings. The van der Waals surface area contributed by atoms with E-state index in [0.717, 1.165) is 16.7 Å². The summed E-state index contributed by atoms with van der Waals surface area (Å²) in [5.74, 6) is 0. The maximum Gasteiger partial charge on any atom is 0.261 e. The van der Waals surface area contributed by atoms with Crippen LogP contribution in [0.4, 0.5) is 11.4 Å². The number of aryl methyl sites for hydroxylation is 3. The molecule has 0 fully saturated rings. The molecule has 106 valence electrons. The molecule has 0 amide bonds. The molecule has 0 radical (unpaired) electrons. The first-order valence-electron chi connectivity index (χ1n) is 6.26. The molecule has 0 spiro atoms. The Labute approximate surface area is 119 Å². The monoisotopic (exact) mass is 290 g/mol. The van der Waals surface area contributed by atoms with Gasteiger partial charge in [0.25, 0.3) is 10.0 Å². The molecule has 0 aromatic heterocycles. The predicted molar refractivity (Wildman–Crippen MR) is 82.3 cm³/mol. The molecule has 2 aromatic rings. The Morgan fingerprint density at radius 3 is 2.15 bits per heavy atom. The highest BCUT2D eigenvalue weighted by Crippen LogP contribution is 2.21. The molecule has 0 saturated heterocycles. The molecule has 4 nitrogen and oxygen atoms in total. The fourth-order valence-electron chi connectivity index (χ4n) is 1.80. The number of nitrogen functional groups attached to an aromatic ring is 1. The first-order chi connectivity index (χ1) is 9.29. The van der Waals surface area contributed by atoms with E-state index in [2.05, 4.69) is 4.72 Å². The van der Waals surface area contributed by atoms with E-state index in [-0.39, 0.29) is 4.90 Å². The fraction of sp³-hybridized carbons (Fsp3) is 0.200. The third kappa shape index (κ3) is 2.93. The van der Waals surface area contributed by atoms with Crippen molar-refractivity contribution in [3.63, 3.8) is 0 Å². The van der Waals surface area contributed by atoms with E-state index in [1.165, 1.54) is 6.07 Å². The second kappa shape index (κ2) is 5.17. The zero-order valence-corrected chi connectivity index (χ0v) is 12.6. The third-order valence-electron chi connectivity index (χ3n) is 3.32. The number of anilines is 2. The molecule has 3 N–H and O–H groups in total. The van der Waals surface area contributed by atoms with Crippen LogP contribution in [0.3, 0.4) is 0 Å². The van der Waals surface area contributed by atoms with E-state index in [9.17, 15) is 8.42 Å². The summed E-state index contributed by atoms with van der Waals surface area (Å²) < 4.78 is 27.2. The molecule has 0 heterocycles. The van der Waals surface area contributed by atoms with Crippen LogP contribution in [0, 0.1) is 20.8 Å². The van der Waals surface area contributed by atoms with Gasteiger partial charge in [-0.05, 0) is 61.7 Å². The molecular formula is C15H18N2O2S. The van der Waals surface area contributed by atoms with Gasteiger partial charge in [0.1, 0.15) is 0 Å². The van der Waals surface area contributed by atoms with E-state index in [1.54, 1.807) is 18.2 Å². The molecular weight excluding hydrogens is 272 g/mol. The van der Waals surface area contributed by atoms with E-state index in [1.807, 2.05) is 32.9 Å². The second-order valence-electron chi connectivity index (χ2n) is 4.92. The molecule has 0 bridgehead atoms. The highest BCUT2D eigenvalue weighted by Gasteiger charge is 2.15. The highest BCUT2D eigenvalue weighted by atomic mass is 32.2. The summed E-state index contributed by atoms with van der Waals surface area (Å²) in [4.78, 5) is 0.166. The van der Waals surface area contributed by atoms with Gasteiger partial charge in [-0.1, -0.05) is 12.1 Å². The van der Waals surface area contributed by atoms with Gasteiger partial charge in [-0.25, -0.2) is 8.42 Å². The maximum atomic E-state index is 12.3. The molecule has 2 rings (SSSR count). The van der Waals surface area contributed by atoms with Gasteiger partial charge in [0.15, 0.2) is 0 Å². The van der Waals surface area contributed by atoms with E-state index < -0.39 is 10.0 Å². The van der Waals surface area contributed by atoms with E-state index >= 15 is 0 Å². The van der Waals surface area contributed by atoms with Crippen LogP contribution in [0.1, 0.15) is 16.7 Å². The van der Waals surface area contributed by atoms with Crippen molar-refractivity contribution in [2.45, 2.75) is 25.7 Å². The van der Waals surface area contributed by atoms with Gasteiger partial charge >= 0.3 is 0 Å². The Kier molecular flexibility index (Phi) is 3.72. The number of hydrogen-bond acceptors (Lipinski definition) is 3. The Morgan fingerprint density at radius 2 is 1.55 bits per heavy atom. The molecule has 20 heavy (non-hydrogen) atoms. The van der Waals surface area contributed by atoms with Crippen LogP contribution < -0.4 is 10.5 Å². The molecule has 0 saturated carbocycles. The van der Waals surface area contributed by atoms with Crippen molar-refractivity contribution in [1.82, 2.24) is 0 Å². The van der Waals surface area contributed by atoms with Gasteiger partial charge in [-0.2, -0.15) is 0 Å². The molecule has 2 aromatic carbocycles. The standard InChI is InChI=1S/C15H18N2O2S/c1-10-4-6-13(8-12(10)3)17-20(18,19)14-7-5-11(2)15(16)9-14/h4-9,17H,16H2,1-3H3. The van der Waals surface area contributed by atoms with Crippen LogP contribution in [-0.4, -0.2) is 8.42 Å². The molecule has 0 aliphatic heterocycles. The van der Waals surface area contributed by atoms with Crippen molar-refractivity contribution in [3.8, 4) is 0 Å². The molecule has 5 heteroatoms. The van der Waals surface area contributed by atoms with Gasteiger partial charge in [-0.15, -0.1) is 0 Å². The first kappa shape index (κ1) is 14.4. The summed E-state index contributed by atoms with van der Waals surface area (Å²) in [6.45, 7) is 5.76. The predicted octanol–water partition coefficient (Wildman–Crippen LogP) is 2.99. The van der Waals surface area contributed by atoms with E-state index in [0.29, 0.717) is 11.4 Å². The number of sulfonamides is 1. The van der Waals surface area contributed by atoms with Crippen molar-refractivity contribution in [2.24, 2.45) is 0 Å². The SMILES string of the molecule is Cc1ccc(NS(=O)(=O)c2ccc(C)c(N)c2)cc1C. The average Bonchev–Trinajstić information content (AvgIpc) is 2.37. The summed E-state index contributed by atoms with van der Waals surface area (Å²) in [5.41, 5.74) is 9.79. The highest BCUT2D eigenvalue weighted by molar-refractivity contribution is 7.92. The van der Waals surface area contributed by atoms with Crippen LogP contribution in [0.25, 0.3) is 0 Å². The minimum absolute atomic E-state index is 0.166. The van der Waals surface area contributed by atoms with Gasteiger partial charge in [0, 0.05) is 11.4 Å². The normalized spacial score (nSPS) is 11.3. The number of hydrogen-bond donors (Lipinski definition) is 2. The Morgan fingerprint density at radius 1 is 0.900 bits per heavy atom. The lowest BCUT2D eigenvalue weighted by molar-refractivity contribution is 0.601. The number of benzene rings is 2. The van der Waals surface area contributed by atoms with Gasteiger partial charge in [-0.3, -0.25) is 4.72 Å². The van der Waals surface area contributed by atoms with Crippen LogP contribution in [0.15, 0.2) is 41.3 Å². The Bertz CT molecular complexity index is 752. The van der Waals surface area contributed by atoms with Crippen molar-refractivity contribution in [1.29, 1.82) is 0 Å². The smallest absolute Gasteiger partial charge is 0.261 e. The molecule has 0 aliphatic carbocycles. The van der Waals surface area contributed by atoms with Crippen molar-refractivity contribution in [3.05, 3.63) is 53.1 Å². The third-order valence-corrected chi connectivity index (χ3v) is 4.70. The number of nitrogens with two attached hydrogens (primary N) is 1. The lowest BCUT2D eigenvalue weighted by atomic mass is 10.1. The minimum atomic E-state index is -3.61. The largest absolute Gasteiger partial charge is 0.398 e.